The second-order valence-corrected chi connectivity index (χ2v) is 17.2. The van der Waals surface area contributed by atoms with E-state index in [2.05, 4.69) is 26.8 Å². The van der Waals surface area contributed by atoms with Crippen molar-refractivity contribution in [3.8, 4) is 28.5 Å². The molecule has 2 aliphatic heterocycles. The zero-order valence-electron chi connectivity index (χ0n) is 29.3. The van der Waals surface area contributed by atoms with Crippen molar-refractivity contribution in [3.05, 3.63) is 119 Å². The smallest absolute Gasteiger partial charge is 0.269 e. The van der Waals surface area contributed by atoms with Crippen molar-refractivity contribution < 1.29 is 17.6 Å². The van der Waals surface area contributed by atoms with Gasteiger partial charge in [-0.2, -0.15) is 10.4 Å². The van der Waals surface area contributed by atoms with Gasteiger partial charge in [0.15, 0.2) is 5.65 Å². The van der Waals surface area contributed by atoms with Crippen LogP contribution in [0.3, 0.4) is 0 Å². The Morgan fingerprint density at radius 3 is 2.56 bits per heavy atom. The lowest BCUT2D eigenvalue weighted by molar-refractivity contribution is -0.0380. The highest BCUT2D eigenvalue weighted by Crippen LogP contribution is 2.55. The maximum atomic E-state index is 14.8. The number of hydrogen-bond donors (Lipinski definition) is 2. The van der Waals surface area contributed by atoms with E-state index in [1.165, 1.54) is 28.4 Å². The monoisotopic (exact) mass is 760 g/mol. The molecule has 1 amide bonds. The summed E-state index contributed by atoms with van der Waals surface area (Å²) in [5.41, 5.74) is 2.93. The largest absolute Gasteiger partial charge is 0.346 e. The van der Waals surface area contributed by atoms with Crippen LogP contribution in [0.2, 0.25) is 5.02 Å². The van der Waals surface area contributed by atoms with Gasteiger partial charge in [0.05, 0.1) is 44.2 Å². The molecule has 272 valence electrons. The van der Waals surface area contributed by atoms with Crippen molar-refractivity contribution in [1.82, 2.24) is 34.4 Å². The van der Waals surface area contributed by atoms with E-state index in [0.717, 1.165) is 30.5 Å². The van der Waals surface area contributed by atoms with E-state index < -0.39 is 32.8 Å². The fourth-order valence-corrected chi connectivity index (χ4v) is 11.1. The molecule has 6 aromatic rings. The third-order valence-electron chi connectivity index (χ3n) is 11.3. The van der Waals surface area contributed by atoms with E-state index in [4.69, 9.17) is 16.6 Å². The lowest BCUT2D eigenvalue weighted by atomic mass is 9.54. The topological polar surface area (TPSA) is 148 Å². The molecule has 2 aromatic carbocycles. The average Bonchev–Trinajstić information content (AvgIpc) is 3.74. The summed E-state index contributed by atoms with van der Waals surface area (Å²) in [6.07, 6.45) is 10.3. The molecule has 54 heavy (non-hydrogen) atoms. The number of hydrogen-bond acceptors (Lipinski definition) is 8. The number of piperidine rings is 2. The number of fused-ring (bicyclic) bond motifs is 1. The van der Waals surface area contributed by atoms with E-state index in [0.29, 0.717) is 46.5 Å². The van der Waals surface area contributed by atoms with Crippen molar-refractivity contribution in [3.63, 3.8) is 0 Å². The summed E-state index contributed by atoms with van der Waals surface area (Å²) in [6, 6.07) is 18.8. The highest BCUT2D eigenvalue weighted by molar-refractivity contribution is 7.90. The van der Waals surface area contributed by atoms with Crippen molar-refractivity contribution in [2.75, 3.05) is 0 Å². The maximum Gasteiger partial charge on any atom is 0.269 e. The Kier molecular flexibility index (Phi) is 7.83. The molecule has 11 nitrogen and oxygen atoms in total. The summed E-state index contributed by atoms with van der Waals surface area (Å²) < 4.78 is 46.3. The summed E-state index contributed by atoms with van der Waals surface area (Å²) >= 11 is 6.27. The molecule has 2 saturated carbocycles. The molecule has 14 heteroatoms. The third-order valence-corrected chi connectivity index (χ3v) is 13.3. The van der Waals surface area contributed by atoms with Gasteiger partial charge in [-0.15, -0.1) is 0 Å². The van der Waals surface area contributed by atoms with Gasteiger partial charge in [0.25, 0.3) is 15.9 Å². The molecule has 4 aromatic heterocycles. The maximum absolute atomic E-state index is 14.8. The number of aryl methyl sites for hydroxylation is 2. The second kappa shape index (κ2) is 12.3. The van der Waals surface area contributed by atoms with Gasteiger partial charge >= 0.3 is 0 Å². The molecule has 2 N–H and O–H groups in total. The van der Waals surface area contributed by atoms with Gasteiger partial charge < -0.3 is 10.6 Å². The fourth-order valence-electron chi connectivity index (χ4n) is 9.32. The van der Waals surface area contributed by atoms with Crippen LogP contribution in [-0.2, 0) is 22.6 Å². The normalized spacial score (nSPS) is 23.1. The number of aromatic nitrogens is 5. The number of carbonyl (C=O) groups excluding carboxylic acids is 1. The van der Waals surface area contributed by atoms with Crippen LogP contribution in [0, 0.1) is 30.0 Å². The molecule has 2 saturated heterocycles. The van der Waals surface area contributed by atoms with Crippen molar-refractivity contribution in [2.24, 2.45) is 13.0 Å². The Morgan fingerprint density at radius 2 is 1.87 bits per heavy atom. The van der Waals surface area contributed by atoms with E-state index in [1.54, 1.807) is 60.7 Å². The molecule has 10 rings (SSSR count). The van der Waals surface area contributed by atoms with Crippen LogP contribution in [-0.4, -0.2) is 49.6 Å². The predicted molar refractivity (Wildman–Crippen MR) is 200 cm³/mol. The molecule has 2 aliphatic carbocycles. The van der Waals surface area contributed by atoms with Crippen LogP contribution < -0.4 is 10.6 Å². The number of halogens is 2. The van der Waals surface area contributed by atoms with Crippen LogP contribution in [0.5, 0.6) is 0 Å². The Hall–Kier alpha value is -5.42. The quantitative estimate of drug-likeness (QED) is 0.184. The number of nitriles is 1. The van der Waals surface area contributed by atoms with Gasteiger partial charge in [-0.05, 0) is 81.3 Å². The Labute approximate surface area is 315 Å². The van der Waals surface area contributed by atoms with Gasteiger partial charge in [-0.3, -0.25) is 14.5 Å². The molecule has 4 bridgehead atoms. The summed E-state index contributed by atoms with van der Waals surface area (Å²) in [7, 11) is -2.39. The second-order valence-electron chi connectivity index (χ2n) is 15.0. The van der Waals surface area contributed by atoms with Crippen LogP contribution in [0.4, 0.5) is 4.39 Å². The Balaban J connectivity index is 1.12. The lowest BCUT2D eigenvalue weighted by Crippen LogP contribution is -2.72. The third kappa shape index (κ3) is 5.42. The highest BCUT2D eigenvalue weighted by atomic mass is 35.5. The first-order valence-electron chi connectivity index (χ1n) is 17.7. The highest BCUT2D eigenvalue weighted by Gasteiger charge is 2.59. The number of carbonyl (C=O) groups is 1. The molecule has 4 atom stereocenters. The van der Waals surface area contributed by atoms with Gasteiger partial charge in [0.2, 0.25) is 0 Å². The zero-order valence-corrected chi connectivity index (χ0v) is 30.9. The molecular weight excluding hydrogens is 727 g/mol. The standard InChI is InChI=1S/C40H34ClFN8O3S/c1-23-6-9-29(10-7-23)54(52,53)50-33(27-20-46-49(2)21-27)13-30-35(26(17-43)19-45-37(30)50)25-8-11-34(44-18-25)40-15-24-12-28(47-40)16-39(14-24,22-40)48-38(51)36-31(41)4-3-5-32(36)42/h3-11,13,18-21,24,28,47H,12,14-16,22H2,1-2H3,(H,48,51)/t24-,28-,39-,40+/m0/s1. The zero-order chi connectivity index (χ0) is 37.6. The lowest BCUT2D eigenvalue weighted by Gasteiger charge is -2.62. The molecule has 0 unspecified atom stereocenters. The minimum absolute atomic E-state index is 0.0694. The van der Waals surface area contributed by atoms with Crippen LogP contribution in [0.1, 0.15) is 59.3 Å². The Bertz CT molecular complexity index is 2630. The van der Waals surface area contributed by atoms with E-state index >= 15 is 0 Å². The molecule has 0 radical (unpaired) electrons. The van der Waals surface area contributed by atoms with Gasteiger partial charge in [0.1, 0.15) is 11.9 Å². The minimum atomic E-state index is -4.14. The molecule has 4 fully saturated rings. The molecule has 6 heterocycles. The average molecular weight is 761 g/mol. The van der Waals surface area contributed by atoms with Gasteiger partial charge in [-0.25, -0.2) is 21.8 Å². The predicted octanol–water partition coefficient (Wildman–Crippen LogP) is 6.64. The first kappa shape index (κ1) is 34.4. The van der Waals surface area contributed by atoms with Crippen molar-refractivity contribution in [2.45, 2.75) is 61.0 Å². The SMILES string of the molecule is Cc1ccc(S(=O)(=O)n2c(-c3cnn(C)c3)cc3c(-c4ccc([C@@]56C[C@H]7C[C@@H](C[C@@](NC(=O)c8c(F)cccc8Cl)(C7)C5)N6)nc4)c(C#N)cnc32)cc1. The van der Waals surface area contributed by atoms with Gasteiger partial charge in [0, 0.05) is 59.3 Å². The summed E-state index contributed by atoms with van der Waals surface area (Å²) in [6.45, 7) is 1.89. The van der Waals surface area contributed by atoms with Crippen LogP contribution in [0.15, 0.2) is 90.3 Å². The number of nitrogens with zero attached hydrogens (tertiary/aromatic N) is 6. The van der Waals surface area contributed by atoms with E-state index in [1.807, 2.05) is 19.1 Å². The first-order chi connectivity index (χ1) is 25.9. The van der Waals surface area contributed by atoms with Crippen LogP contribution >= 0.6 is 11.6 Å². The Morgan fingerprint density at radius 1 is 1.06 bits per heavy atom. The van der Waals surface area contributed by atoms with Crippen LogP contribution in [0.25, 0.3) is 33.4 Å². The number of amides is 1. The van der Waals surface area contributed by atoms with Gasteiger partial charge in [-0.1, -0.05) is 41.4 Å². The summed E-state index contributed by atoms with van der Waals surface area (Å²) in [5, 5.41) is 22.2. The summed E-state index contributed by atoms with van der Waals surface area (Å²) in [5.74, 6) is -0.860. The first-order valence-corrected chi connectivity index (χ1v) is 19.5. The minimum Gasteiger partial charge on any atom is -0.346 e. The van der Waals surface area contributed by atoms with Crippen molar-refractivity contribution in [1.29, 1.82) is 5.26 Å². The van der Waals surface area contributed by atoms with E-state index in [-0.39, 0.29) is 32.7 Å². The summed E-state index contributed by atoms with van der Waals surface area (Å²) in [4.78, 5) is 23.1. The number of pyridine rings is 2. The van der Waals surface area contributed by atoms with E-state index in [9.17, 15) is 22.9 Å². The molecule has 0 spiro atoms. The number of rotatable bonds is 7. The fraction of sp³-hybridized carbons (Fsp3) is 0.275. The molecule has 4 aliphatic rings. The number of nitrogens with one attached hydrogen (secondary N) is 2. The van der Waals surface area contributed by atoms with Crippen molar-refractivity contribution >= 4 is 38.6 Å². The number of benzene rings is 2. The molecular formula is C40H34ClFN8O3S.